The molecule has 6 heteroatoms. The van der Waals surface area contributed by atoms with Crippen LogP contribution in [0.15, 0.2) is 24.3 Å². The number of rotatable bonds is 3. The van der Waals surface area contributed by atoms with Gasteiger partial charge in [0.25, 0.3) is 0 Å². The molecule has 17 heavy (non-hydrogen) atoms. The first-order valence-electron chi connectivity index (χ1n) is 5.15. The lowest BCUT2D eigenvalue weighted by Gasteiger charge is -2.11. The van der Waals surface area contributed by atoms with Crippen LogP contribution in [0.3, 0.4) is 0 Å². The fraction of sp³-hybridized carbons (Fsp3) is 0.273. The fourth-order valence-electron chi connectivity index (χ4n) is 1.58. The highest BCUT2D eigenvalue weighted by Crippen LogP contribution is 2.20. The minimum absolute atomic E-state index is 0.213. The fourth-order valence-corrected chi connectivity index (χ4v) is 1.88. The van der Waals surface area contributed by atoms with Crippen molar-refractivity contribution in [2.75, 3.05) is 0 Å². The Kier molecular flexibility index (Phi) is 3.66. The number of nitrogens with two attached hydrogens (primary N) is 1. The Morgan fingerprint density at radius 3 is 2.47 bits per heavy atom. The third-order valence-electron chi connectivity index (χ3n) is 2.37. The summed E-state index contributed by atoms with van der Waals surface area (Å²) in [4.78, 5) is 0. The zero-order valence-corrected chi connectivity index (χ0v) is 10.8. The van der Waals surface area contributed by atoms with Gasteiger partial charge in [-0.15, -0.1) is 21.8 Å². The van der Waals surface area contributed by atoms with E-state index >= 15 is 0 Å². The third-order valence-corrected chi connectivity index (χ3v) is 2.86. The van der Waals surface area contributed by atoms with Gasteiger partial charge in [-0.1, -0.05) is 11.6 Å². The molecule has 0 saturated carbocycles. The van der Waals surface area contributed by atoms with E-state index in [2.05, 4.69) is 10.2 Å². The number of hydrogen-bond donors (Lipinski definition) is 1. The summed E-state index contributed by atoms with van der Waals surface area (Å²) in [5, 5.41) is 8.76. The standard InChI is InChI=1S/C11H12Cl2N4/c1-7(14)11-16-15-10(6-12)17(11)9-4-2-8(13)3-5-9/h2-5,7H,6,14H2,1H3. The summed E-state index contributed by atoms with van der Waals surface area (Å²) in [6.07, 6.45) is 0. The van der Waals surface area contributed by atoms with Gasteiger partial charge < -0.3 is 5.73 Å². The van der Waals surface area contributed by atoms with Crippen molar-refractivity contribution in [3.8, 4) is 5.69 Å². The number of halogens is 2. The number of nitrogens with zero attached hydrogens (tertiary/aromatic N) is 3. The normalized spacial score (nSPS) is 12.7. The van der Waals surface area contributed by atoms with E-state index in [4.69, 9.17) is 28.9 Å². The van der Waals surface area contributed by atoms with Crippen molar-refractivity contribution in [1.82, 2.24) is 14.8 Å². The number of alkyl halides is 1. The lowest BCUT2D eigenvalue weighted by molar-refractivity contribution is 0.711. The maximum Gasteiger partial charge on any atom is 0.154 e. The smallest absolute Gasteiger partial charge is 0.154 e. The molecule has 90 valence electrons. The molecule has 1 aromatic heterocycles. The zero-order valence-electron chi connectivity index (χ0n) is 9.27. The van der Waals surface area contributed by atoms with Crippen molar-refractivity contribution in [3.63, 3.8) is 0 Å². The van der Waals surface area contributed by atoms with Gasteiger partial charge >= 0.3 is 0 Å². The van der Waals surface area contributed by atoms with E-state index in [-0.39, 0.29) is 11.9 Å². The summed E-state index contributed by atoms with van der Waals surface area (Å²) in [5.74, 6) is 1.63. The Bertz CT molecular complexity index is 505. The van der Waals surface area contributed by atoms with Gasteiger partial charge in [-0.3, -0.25) is 4.57 Å². The second-order valence-electron chi connectivity index (χ2n) is 3.71. The van der Waals surface area contributed by atoms with Crippen LogP contribution in [-0.4, -0.2) is 14.8 Å². The van der Waals surface area contributed by atoms with E-state index in [1.807, 2.05) is 23.6 Å². The second kappa shape index (κ2) is 5.04. The number of hydrogen-bond acceptors (Lipinski definition) is 3. The van der Waals surface area contributed by atoms with Crippen molar-refractivity contribution in [2.45, 2.75) is 18.8 Å². The first kappa shape index (κ1) is 12.4. The van der Waals surface area contributed by atoms with E-state index in [0.717, 1.165) is 5.69 Å². The molecule has 0 fully saturated rings. The molecule has 2 aromatic rings. The second-order valence-corrected chi connectivity index (χ2v) is 4.41. The molecule has 0 bridgehead atoms. The van der Waals surface area contributed by atoms with Crippen LogP contribution in [0.5, 0.6) is 0 Å². The molecule has 0 aliphatic carbocycles. The van der Waals surface area contributed by atoms with Crippen LogP contribution in [0.25, 0.3) is 5.69 Å². The molecule has 1 atom stereocenters. The van der Waals surface area contributed by atoms with Gasteiger partial charge in [-0.25, -0.2) is 0 Å². The number of benzene rings is 1. The van der Waals surface area contributed by atoms with Gasteiger partial charge in [0.05, 0.1) is 11.9 Å². The van der Waals surface area contributed by atoms with Crippen LogP contribution in [0.2, 0.25) is 5.02 Å². The largest absolute Gasteiger partial charge is 0.322 e. The van der Waals surface area contributed by atoms with Crippen molar-refractivity contribution in [3.05, 3.63) is 40.9 Å². The first-order chi connectivity index (χ1) is 8.13. The van der Waals surface area contributed by atoms with Crippen molar-refractivity contribution in [1.29, 1.82) is 0 Å². The molecule has 1 heterocycles. The molecule has 4 nitrogen and oxygen atoms in total. The monoisotopic (exact) mass is 270 g/mol. The van der Waals surface area contributed by atoms with Crippen LogP contribution in [0.4, 0.5) is 0 Å². The van der Waals surface area contributed by atoms with E-state index in [9.17, 15) is 0 Å². The topological polar surface area (TPSA) is 56.7 Å². The Morgan fingerprint density at radius 2 is 1.94 bits per heavy atom. The molecule has 1 unspecified atom stereocenters. The van der Waals surface area contributed by atoms with E-state index < -0.39 is 0 Å². The summed E-state index contributed by atoms with van der Waals surface area (Å²) in [7, 11) is 0. The van der Waals surface area contributed by atoms with E-state index in [1.54, 1.807) is 12.1 Å². The highest BCUT2D eigenvalue weighted by Gasteiger charge is 2.15. The molecule has 0 aliphatic heterocycles. The summed E-state index contributed by atoms with van der Waals surface area (Å²) in [6, 6.07) is 7.16. The SMILES string of the molecule is CC(N)c1nnc(CCl)n1-c1ccc(Cl)cc1. The van der Waals surface area contributed by atoms with Gasteiger partial charge in [0, 0.05) is 10.7 Å². The predicted molar refractivity (Wildman–Crippen MR) is 68.5 cm³/mol. The lowest BCUT2D eigenvalue weighted by atomic mass is 10.2. The van der Waals surface area contributed by atoms with Gasteiger partial charge in [0.15, 0.2) is 11.6 Å². The first-order valence-corrected chi connectivity index (χ1v) is 6.06. The molecule has 2 rings (SSSR count). The minimum Gasteiger partial charge on any atom is -0.322 e. The number of aromatic nitrogens is 3. The predicted octanol–water partition coefficient (Wildman–Crippen LogP) is 2.68. The molecule has 2 N–H and O–H groups in total. The molecule has 1 aromatic carbocycles. The molecular formula is C11H12Cl2N4. The Hall–Kier alpha value is -1.10. The van der Waals surface area contributed by atoms with Crippen LogP contribution in [0, 0.1) is 0 Å². The van der Waals surface area contributed by atoms with Gasteiger partial charge in [0.2, 0.25) is 0 Å². The van der Waals surface area contributed by atoms with Crippen LogP contribution >= 0.6 is 23.2 Å². The molecular weight excluding hydrogens is 259 g/mol. The van der Waals surface area contributed by atoms with Crippen molar-refractivity contribution in [2.24, 2.45) is 5.73 Å². The Balaban J connectivity index is 2.55. The van der Waals surface area contributed by atoms with E-state index in [1.165, 1.54) is 0 Å². The van der Waals surface area contributed by atoms with Crippen molar-refractivity contribution >= 4 is 23.2 Å². The molecule has 0 radical (unpaired) electrons. The quantitative estimate of drug-likeness (QED) is 0.873. The molecule has 0 saturated heterocycles. The van der Waals surface area contributed by atoms with Gasteiger partial charge in [0.1, 0.15) is 0 Å². The van der Waals surface area contributed by atoms with Crippen LogP contribution in [-0.2, 0) is 5.88 Å². The Morgan fingerprint density at radius 1 is 1.29 bits per heavy atom. The molecule has 0 amide bonds. The zero-order chi connectivity index (χ0) is 12.4. The molecule has 0 aliphatic rings. The third kappa shape index (κ3) is 2.44. The van der Waals surface area contributed by atoms with Gasteiger partial charge in [-0.05, 0) is 31.2 Å². The molecule has 0 spiro atoms. The highest BCUT2D eigenvalue weighted by molar-refractivity contribution is 6.30. The maximum absolute atomic E-state index is 5.86. The minimum atomic E-state index is -0.213. The average Bonchev–Trinajstić information content (AvgIpc) is 2.73. The van der Waals surface area contributed by atoms with Crippen LogP contribution in [0.1, 0.15) is 24.6 Å². The Labute approximate surface area is 109 Å². The van der Waals surface area contributed by atoms with Crippen LogP contribution < -0.4 is 5.73 Å². The maximum atomic E-state index is 5.86. The summed E-state index contributed by atoms with van der Waals surface area (Å²) in [5.41, 5.74) is 6.76. The lowest BCUT2D eigenvalue weighted by Crippen LogP contribution is -2.13. The summed E-state index contributed by atoms with van der Waals surface area (Å²) < 4.78 is 1.86. The van der Waals surface area contributed by atoms with Gasteiger partial charge in [-0.2, -0.15) is 0 Å². The highest BCUT2D eigenvalue weighted by atomic mass is 35.5. The summed E-state index contributed by atoms with van der Waals surface area (Å²) >= 11 is 11.7. The van der Waals surface area contributed by atoms with Crippen molar-refractivity contribution < 1.29 is 0 Å². The van der Waals surface area contributed by atoms with E-state index in [0.29, 0.717) is 16.7 Å². The average molecular weight is 271 g/mol. The summed E-state index contributed by atoms with van der Waals surface area (Å²) in [6.45, 7) is 1.86.